The molecule has 0 unspecified atom stereocenters. The molecule has 2 fully saturated rings. The van der Waals surface area contributed by atoms with E-state index in [1.54, 1.807) is 31.4 Å². The Labute approximate surface area is 245 Å². The number of rotatable bonds is 12. The number of anilines is 1. The molecule has 0 aliphatic carbocycles. The molecule has 0 radical (unpaired) electrons. The average Bonchev–Trinajstić information content (AvgIpc) is 2.99. The fraction of sp³-hybridized carbons (Fsp3) is 0.586. The summed E-state index contributed by atoms with van der Waals surface area (Å²) in [7, 11) is -5.82. The van der Waals surface area contributed by atoms with Crippen LogP contribution in [0.3, 0.4) is 0 Å². The summed E-state index contributed by atoms with van der Waals surface area (Å²) in [6.07, 6.45) is 1.66. The van der Waals surface area contributed by atoms with Gasteiger partial charge in [0, 0.05) is 45.8 Å². The molecule has 2 heterocycles. The van der Waals surface area contributed by atoms with E-state index in [-0.39, 0.29) is 28.3 Å². The van der Waals surface area contributed by atoms with Crippen LogP contribution in [0.2, 0.25) is 0 Å². The van der Waals surface area contributed by atoms with Crippen molar-refractivity contribution in [3.63, 3.8) is 0 Å². The summed E-state index contributed by atoms with van der Waals surface area (Å²) in [5.74, 6) is 0.543. The Morgan fingerprint density at radius 1 is 0.902 bits per heavy atom. The van der Waals surface area contributed by atoms with Crippen molar-refractivity contribution in [2.24, 2.45) is 0 Å². The quantitative estimate of drug-likeness (QED) is 0.367. The van der Waals surface area contributed by atoms with Crippen LogP contribution in [0.25, 0.3) is 0 Å². The Kier molecular flexibility index (Phi) is 10.4. The normalized spacial score (nSPS) is 18.0. The summed E-state index contributed by atoms with van der Waals surface area (Å²) in [6, 6.07) is 12.0. The SMILES string of the molecule is CCC(C)(C)c1ccc(S(=O)(=O)N2CCN(c3cc(S(=O)(=O)NCCCN4CCOCC4)ccc3OC)CC2)cc1. The van der Waals surface area contributed by atoms with Crippen molar-refractivity contribution in [3.8, 4) is 5.75 Å². The highest BCUT2D eigenvalue weighted by molar-refractivity contribution is 7.89. The molecule has 0 atom stereocenters. The number of morpholine rings is 1. The van der Waals surface area contributed by atoms with Crippen LogP contribution in [0.5, 0.6) is 5.75 Å². The number of nitrogens with zero attached hydrogens (tertiary/aromatic N) is 3. The van der Waals surface area contributed by atoms with E-state index < -0.39 is 20.0 Å². The van der Waals surface area contributed by atoms with Crippen molar-refractivity contribution in [3.05, 3.63) is 48.0 Å². The molecular weight excluding hydrogens is 564 g/mol. The third-order valence-electron chi connectivity index (χ3n) is 8.24. The molecule has 12 heteroatoms. The fourth-order valence-corrected chi connectivity index (χ4v) is 7.62. The lowest BCUT2D eigenvalue weighted by atomic mass is 9.82. The molecule has 10 nitrogen and oxygen atoms in total. The van der Waals surface area contributed by atoms with Gasteiger partial charge >= 0.3 is 0 Å². The second kappa shape index (κ2) is 13.4. The maximum atomic E-state index is 13.4. The van der Waals surface area contributed by atoms with Crippen LogP contribution < -0.4 is 14.4 Å². The number of ether oxygens (including phenoxy) is 2. The molecule has 2 aliphatic heterocycles. The van der Waals surface area contributed by atoms with E-state index in [0.29, 0.717) is 50.7 Å². The van der Waals surface area contributed by atoms with Gasteiger partial charge in [0.05, 0.1) is 35.8 Å². The van der Waals surface area contributed by atoms with E-state index in [1.165, 1.54) is 10.4 Å². The van der Waals surface area contributed by atoms with Crippen LogP contribution in [-0.2, 0) is 30.2 Å². The molecule has 0 spiro atoms. The summed E-state index contributed by atoms with van der Waals surface area (Å²) in [4.78, 5) is 4.69. The minimum atomic E-state index is -3.72. The Balaban J connectivity index is 1.39. The topological polar surface area (TPSA) is 108 Å². The molecule has 0 bridgehead atoms. The van der Waals surface area contributed by atoms with Gasteiger partial charge in [0.25, 0.3) is 0 Å². The third-order valence-corrected chi connectivity index (χ3v) is 11.6. The van der Waals surface area contributed by atoms with Crippen LogP contribution in [0, 0.1) is 0 Å². The summed E-state index contributed by atoms with van der Waals surface area (Å²) in [5, 5.41) is 0. The van der Waals surface area contributed by atoms with Crippen LogP contribution in [0.15, 0.2) is 52.3 Å². The smallest absolute Gasteiger partial charge is 0.243 e. The van der Waals surface area contributed by atoms with Gasteiger partial charge < -0.3 is 14.4 Å². The van der Waals surface area contributed by atoms with E-state index in [2.05, 4.69) is 30.4 Å². The summed E-state index contributed by atoms with van der Waals surface area (Å²) in [5.41, 5.74) is 1.72. The predicted octanol–water partition coefficient (Wildman–Crippen LogP) is 2.89. The largest absolute Gasteiger partial charge is 0.495 e. The fourth-order valence-electron chi connectivity index (χ4n) is 5.10. The Morgan fingerprint density at radius 3 is 2.15 bits per heavy atom. The second-order valence-corrected chi connectivity index (χ2v) is 14.9. The highest BCUT2D eigenvalue weighted by atomic mass is 32.2. The molecule has 0 amide bonds. The molecule has 2 saturated heterocycles. The number of hydrogen-bond donors (Lipinski definition) is 1. The number of methoxy groups -OCH3 is 1. The number of sulfonamides is 2. The van der Waals surface area contributed by atoms with Crippen molar-refractivity contribution in [2.45, 2.75) is 48.8 Å². The molecule has 41 heavy (non-hydrogen) atoms. The van der Waals surface area contributed by atoms with Crippen LogP contribution in [0.4, 0.5) is 5.69 Å². The van der Waals surface area contributed by atoms with Gasteiger partial charge in [-0.2, -0.15) is 4.31 Å². The van der Waals surface area contributed by atoms with Crippen molar-refractivity contribution >= 4 is 25.7 Å². The van der Waals surface area contributed by atoms with Gasteiger partial charge in [0.1, 0.15) is 5.75 Å². The first-order valence-electron chi connectivity index (χ1n) is 14.3. The number of benzene rings is 2. The van der Waals surface area contributed by atoms with Gasteiger partial charge in [-0.3, -0.25) is 4.90 Å². The number of nitrogens with one attached hydrogen (secondary N) is 1. The second-order valence-electron chi connectivity index (χ2n) is 11.2. The summed E-state index contributed by atoms with van der Waals surface area (Å²) in [6.45, 7) is 12.1. The molecule has 2 aliphatic rings. The molecule has 228 valence electrons. The number of piperazine rings is 1. The van der Waals surface area contributed by atoms with E-state index in [9.17, 15) is 16.8 Å². The van der Waals surface area contributed by atoms with Crippen molar-refractivity contribution in [2.75, 3.05) is 77.6 Å². The zero-order valence-corrected chi connectivity index (χ0v) is 26.3. The molecule has 4 rings (SSSR count). The Morgan fingerprint density at radius 2 is 1.54 bits per heavy atom. The third kappa shape index (κ3) is 7.60. The first-order chi connectivity index (χ1) is 19.5. The van der Waals surface area contributed by atoms with Crippen LogP contribution in [-0.4, -0.2) is 98.7 Å². The lowest BCUT2D eigenvalue weighted by Crippen LogP contribution is -2.48. The van der Waals surface area contributed by atoms with E-state index in [0.717, 1.165) is 31.6 Å². The summed E-state index contributed by atoms with van der Waals surface area (Å²) < 4.78 is 68.0. The van der Waals surface area contributed by atoms with Gasteiger partial charge in [0.15, 0.2) is 0 Å². The molecule has 2 aromatic carbocycles. The minimum absolute atomic E-state index is 0.0204. The van der Waals surface area contributed by atoms with Gasteiger partial charge in [-0.05, 0) is 60.7 Å². The van der Waals surface area contributed by atoms with E-state index in [4.69, 9.17) is 9.47 Å². The van der Waals surface area contributed by atoms with Crippen LogP contribution >= 0.6 is 0 Å². The maximum absolute atomic E-state index is 13.4. The zero-order chi connectivity index (χ0) is 29.7. The molecular formula is C29H44N4O6S2. The lowest BCUT2D eigenvalue weighted by Gasteiger charge is -2.36. The average molecular weight is 609 g/mol. The van der Waals surface area contributed by atoms with Crippen molar-refractivity contribution < 1.29 is 26.3 Å². The Bertz CT molecular complexity index is 1370. The standard InChI is InChI=1S/C29H44N4O6S2/c1-5-29(2,3)24-7-9-25(10-8-24)41(36,37)33-17-15-32(16-18-33)27-23-26(11-12-28(27)38-4)40(34,35)30-13-6-14-31-19-21-39-22-20-31/h7-12,23,30H,5-6,13-22H2,1-4H3. The van der Waals surface area contributed by atoms with E-state index in [1.807, 2.05) is 17.0 Å². The predicted molar refractivity (Wildman–Crippen MR) is 161 cm³/mol. The summed E-state index contributed by atoms with van der Waals surface area (Å²) >= 11 is 0. The highest BCUT2D eigenvalue weighted by Gasteiger charge is 2.30. The molecule has 0 aromatic heterocycles. The highest BCUT2D eigenvalue weighted by Crippen LogP contribution is 2.33. The molecule has 1 N–H and O–H groups in total. The Hall–Kier alpha value is -2.22. The van der Waals surface area contributed by atoms with E-state index >= 15 is 0 Å². The van der Waals surface area contributed by atoms with Crippen LogP contribution in [0.1, 0.15) is 39.2 Å². The van der Waals surface area contributed by atoms with Gasteiger partial charge in [-0.25, -0.2) is 21.6 Å². The van der Waals surface area contributed by atoms with Gasteiger partial charge in [0.2, 0.25) is 20.0 Å². The lowest BCUT2D eigenvalue weighted by molar-refractivity contribution is 0.0376. The monoisotopic (exact) mass is 608 g/mol. The number of hydrogen-bond acceptors (Lipinski definition) is 8. The zero-order valence-electron chi connectivity index (χ0n) is 24.6. The first kappa shape index (κ1) is 31.7. The first-order valence-corrected chi connectivity index (χ1v) is 17.2. The van der Waals surface area contributed by atoms with Crippen molar-refractivity contribution in [1.82, 2.24) is 13.9 Å². The minimum Gasteiger partial charge on any atom is -0.495 e. The van der Waals surface area contributed by atoms with Crippen molar-refractivity contribution in [1.29, 1.82) is 0 Å². The molecule has 0 saturated carbocycles. The maximum Gasteiger partial charge on any atom is 0.243 e. The van der Waals surface area contributed by atoms with Gasteiger partial charge in [-0.1, -0.05) is 32.9 Å². The molecule has 2 aromatic rings. The van der Waals surface area contributed by atoms with Gasteiger partial charge in [-0.15, -0.1) is 0 Å².